The Kier molecular flexibility index (Phi) is 2.87. The van der Waals surface area contributed by atoms with Gasteiger partial charge in [-0.1, -0.05) is 0 Å². The summed E-state index contributed by atoms with van der Waals surface area (Å²) in [6, 6.07) is 0.933. The molecule has 1 saturated carbocycles. The molecule has 3 aliphatic rings. The summed E-state index contributed by atoms with van der Waals surface area (Å²) in [5.41, 5.74) is -0.395. The molecule has 0 aromatic heterocycles. The first-order valence-corrected chi connectivity index (χ1v) is 6.95. The first-order chi connectivity index (χ1) is 8.26. The van der Waals surface area contributed by atoms with Gasteiger partial charge in [0, 0.05) is 18.6 Å². The summed E-state index contributed by atoms with van der Waals surface area (Å²) in [5.74, 6) is -0.0127. The van der Waals surface area contributed by atoms with E-state index in [1.54, 1.807) is 0 Å². The van der Waals surface area contributed by atoms with Crippen molar-refractivity contribution in [3.05, 3.63) is 0 Å². The van der Waals surface area contributed by atoms with Crippen LogP contribution in [0.25, 0.3) is 0 Å². The van der Waals surface area contributed by atoms with Crippen LogP contribution in [0, 0.1) is 0 Å². The number of fused-ring (bicyclic) bond motifs is 1. The molecule has 2 unspecified atom stereocenters. The Balaban J connectivity index is 1.81. The minimum Gasteiger partial charge on any atom is -0.465 e. The molecule has 0 aromatic rings. The van der Waals surface area contributed by atoms with Gasteiger partial charge in [0.25, 0.3) is 0 Å². The summed E-state index contributed by atoms with van der Waals surface area (Å²) in [4.78, 5) is 14.8. The maximum Gasteiger partial charge on any atom is 0.328 e. The summed E-state index contributed by atoms with van der Waals surface area (Å²) in [6.45, 7) is 4.57. The van der Waals surface area contributed by atoms with Crippen molar-refractivity contribution in [1.82, 2.24) is 10.2 Å². The highest BCUT2D eigenvalue weighted by molar-refractivity contribution is 5.83. The molecule has 3 rings (SSSR count). The largest absolute Gasteiger partial charge is 0.465 e. The predicted octanol–water partition coefficient (Wildman–Crippen LogP) is 0.908. The van der Waals surface area contributed by atoms with Crippen molar-refractivity contribution in [2.75, 3.05) is 19.7 Å². The van der Waals surface area contributed by atoms with Gasteiger partial charge in [0.05, 0.1) is 6.61 Å². The summed E-state index contributed by atoms with van der Waals surface area (Å²) in [6.07, 6.45) is 5.71. The highest BCUT2D eigenvalue weighted by atomic mass is 16.5. The zero-order valence-electron chi connectivity index (χ0n) is 10.6. The van der Waals surface area contributed by atoms with E-state index >= 15 is 0 Å². The SMILES string of the molecule is CCOC(=O)C1(NC2CC2)CCN2CCCC21. The van der Waals surface area contributed by atoms with E-state index in [1.165, 1.54) is 19.3 Å². The van der Waals surface area contributed by atoms with Crippen molar-refractivity contribution < 1.29 is 9.53 Å². The molecular weight excluding hydrogens is 216 g/mol. The highest BCUT2D eigenvalue weighted by Crippen LogP contribution is 2.39. The van der Waals surface area contributed by atoms with Gasteiger partial charge in [-0.05, 0) is 45.6 Å². The van der Waals surface area contributed by atoms with Gasteiger partial charge < -0.3 is 4.74 Å². The van der Waals surface area contributed by atoms with Crippen LogP contribution in [0.1, 0.15) is 39.0 Å². The Morgan fingerprint density at radius 2 is 2.24 bits per heavy atom. The smallest absolute Gasteiger partial charge is 0.328 e. The molecule has 0 aromatic carbocycles. The lowest BCUT2D eigenvalue weighted by atomic mass is 9.88. The summed E-state index contributed by atoms with van der Waals surface area (Å²) in [7, 11) is 0. The number of ether oxygens (including phenoxy) is 1. The number of nitrogens with one attached hydrogen (secondary N) is 1. The Morgan fingerprint density at radius 3 is 2.94 bits per heavy atom. The maximum atomic E-state index is 12.4. The normalized spacial score (nSPS) is 37.1. The van der Waals surface area contributed by atoms with Crippen LogP contribution >= 0.6 is 0 Å². The van der Waals surface area contributed by atoms with Crippen LogP contribution in [-0.2, 0) is 9.53 Å². The fourth-order valence-corrected chi connectivity index (χ4v) is 3.46. The molecule has 2 heterocycles. The molecular formula is C13H22N2O2. The van der Waals surface area contributed by atoms with Crippen molar-refractivity contribution in [3.63, 3.8) is 0 Å². The van der Waals surface area contributed by atoms with Crippen LogP contribution < -0.4 is 5.32 Å². The number of hydrogen-bond donors (Lipinski definition) is 1. The molecule has 96 valence electrons. The molecule has 2 aliphatic heterocycles. The predicted molar refractivity (Wildman–Crippen MR) is 64.7 cm³/mol. The second-order valence-electron chi connectivity index (χ2n) is 5.55. The summed E-state index contributed by atoms with van der Waals surface area (Å²) in [5, 5.41) is 3.61. The van der Waals surface area contributed by atoms with Crippen LogP contribution in [0.3, 0.4) is 0 Å². The van der Waals surface area contributed by atoms with Gasteiger partial charge in [0.2, 0.25) is 0 Å². The number of rotatable bonds is 4. The molecule has 2 saturated heterocycles. The number of carbonyl (C=O) groups is 1. The van der Waals surface area contributed by atoms with Crippen LogP contribution in [0.4, 0.5) is 0 Å². The van der Waals surface area contributed by atoms with E-state index in [-0.39, 0.29) is 5.97 Å². The fourth-order valence-electron chi connectivity index (χ4n) is 3.46. The minimum absolute atomic E-state index is 0.0127. The first kappa shape index (κ1) is 11.5. The lowest BCUT2D eigenvalue weighted by Crippen LogP contribution is -2.60. The third kappa shape index (κ3) is 1.87. The monoisotopic (exact) mass is 238 g/mol. The zero-order chi connectivity index (χ0) is 11.9. The van der Waals surface area contributed by atoms with Gasteiger partial charge in [-0.2, -0.15) is 0 Å². The minimum atomic E-state index is -0.395. The molecule has 0 radical (unpaired) electrons. The molecule has 3 fully saturated rings. The van der Waals surface area contributed by atoms with Crippen LogP contribution in [0.15, 0.2) is 0 Å². The van der Waals surface area contributed by atoms with Crippen molar-refractivity contribution >= 4 is 5.97 Å². The quantitative estimate of drug-likeness (QED) is 0.739. The fraction of sp³-hybridized carbons (Fsp3) is 0.923. The summed E-state index contributed by atoms with van der Waals surface area (Å²) < 4.78 is 5.34. The van der Waals surface area contributed by atoms with E-state index in [0.717, 1.165) is 25.9 Å². The molecule has 1 aliphatic carbocycles. The molecule has 17 heavy (non-hydrogen) atoms. The third-order valence-corrected chi connectivity index (χ3v) is 4.40. The van der Waals surface area contributed by atoms with Gasteiger partial charge in [-0.15, -0.1) is 0 Å². The maximum absolute atomic E-state index is 12.4. The summed E-state index contributed by atoms with van der Waals surface area (Å²) >= 11 is 0. The standard InChI is InChI=1S/C13H22N2O2/c1-2-17-12(16)13(14-10-5-6-10)7-9-15-8-3-4-11(13)15/h10-11,14H,2-9H2,1H3. The third-order valence-electron chi connectivity index (χ3n) is 4.40. The van der Waals surface area contributed by atoms with Crippen molar-refractivity contribution in [2.24, 2.45) is 0 Å². The Labute approximate surface area is 103 Å². The van der Waals surface area contributed by atoms with Crippen LogP contribution in [0.2, 0.25) is 0 Å². The van der Waals surface area contributed by atoms with Crippen molar-refractivity contribution in [2.45, 2.75) is 56.7 Å². The molecule has 4 heteroatoms. The molecule has 2 atom stereocenters. The average Bonchev–Trinajstić information content (AvgIpc) is 2.87. The zero-order valence-corrected chi connectivity index (χ0v) is 10.6. The van der Waals surface area contributed by atoms with E-state index in [4.69, 9.17) is 4.74 Å². The van der Waals surface area contributed by atoms with Crippen LogP contribution in [-0.4, -0.2) is 48.2 Å². The number of nitrogens with zero attached hydrogens (tertiary/aromatic N) is 1. The first-order valence-electron chi connectivity index (χ1n) is 6.95. The van der Waals surface area contributed by atoms with Gasteiger partial charge in [0.15, 0.2) is 0 Å². The number of esters is 1. The van der Waals surface area contributed by atoms with Crippen molar-refractivity contribution in [3.8, 4) is 0 Å². The van der Waals surface area contributed by atoms with Crippen molar-refractivity contribution in [1.29, 1.82) is 0 Å². The Hall–Kier alpha value is -0.610. The lowest BCUT2D eigenvalue weighted by molar-refractivity contribution is -0.152. The van der Waals surface area contributed by atoms with E-state index in [1.807, 2.05) is 6.92 Å². The average molecular weight is 238 g/mol. The van der Waals surface area contributed by atoms with E-state index in [9.17, 15) is 4.79 Å². The van der Waals surface area contributed by atoms with Gasteiger partial charge in [-0.25, -0.2) is 4.79 Å². The molecule has 1 N–H and O–H groups in total. The molecule has 0 amide bonds. The Bertz CT molecular complexity index is 317. The van der Waals surface area contributed by atoms with Gasteiger partial charge in [-0.3, -0.25) is 10.2 Å². The van der Waals surface area contributed by atoms with Gasteiger partial charge in [0.1, 0.15) is 5.54 Å². The van der Waals surface area contributed by atoms with E-state index in [2.05, 4.69) is 10.2 Å². The second-order valence-corrected chi connectivity index (χ2v) is 5.55. The number of carbonyl (C=O) groups excluding carboxylic acids is 1. The lowest BCUT2D eigenvalue weighted by Gasteiger charge is -2.34. The molecule has 4 nitrogen and oxygen atoms in total. The molecule has 0 spiro atoms. The Morgan fingerprint density at radius 1 is 1.41 bits per heavy atom. The van der Waals surface area contributed by atoms with E-state index in [0.29, 0.717) is 18.7 Å². The second kappa shape index (κ2) is 4.25. The highest BCUT2D eigenvalue weighted by Gasteiger charge is 2.56. The number of hydrogen-bond acceptors (Lipinski definition) is 4. The topological polar surface area (TPSA) is 41.6 Å². The molecule has 0 bridgehead atoms. The van der Waals surface area contributed by atoms with E-state index < -0.39 is 5.54 Å². The van der Waals surface area contributed by atoms with Gasteiger partial charge >= 0.3 is 5.97 Å². The van der Waals surface area contributed by atoms with Crippen LogP contribution in [0.5, 0.6) is 0 Å².